The summed E-state index contributed by atoms with van der Waals surface area (Å²) in [4.78, 5) is 54.6. The second-order valence-corrected chi connectivity index (χ2v) is 12.0. The van der Waals surface area contributed by atoms with E-state index >= 15 is 0 Å². The monoisotopic (exact) mass is 606 g/mol. The van der Waals surface area contributed by atoms with Crippen molar-refractivity contribution in [3.8, 4) is 0 Å². The summed E-state index contributed by atoms with van der Waals surface area (Å²) in [6.07, 6.45) is 9.06. The molecule has 0 bridgehead atoms. The van der Waals surface area contributed by atoms with E-state index in [-0.39, 0.29) is 33.5 Å². The van der Waals surface area contributed by atoms with E-state index in [1.165, 1.54) is 36.7 Å². The summed E-state index contributed by atoms with van der Waals surface area (Å²) in [6, 6.07) is 4.00. The molecule has 2 aliphatic heterocycles. The molecule has 4 heterocycles. The molecule has 4 rings (SSSR count). The molecule has 0 spiro atoms. The lowest BCUT2D eigenvalue weighted by atomic mass is 10.1. The van der Waals surface area contributed by atoms with Crippen LogP contribution >= 0.6 is 34.9 Å². The molecule has 1 atom stereocenters. The maximum absolute atomic E-state index is 13.2. The van der Waals surface area contributed by atoms with Crippen molar-refractivity contribution >= 4 is 63.5 Å². The van der Waals surface area contributed by atoms with Gasteiger partial charge in [-0.3, -0.25) is 14.5 Å². The van der Waals surface area contributed by atoms with E-state index in [1.54, 1.807) is 23.5 Å². The number of carbonyl (C=O) groups excluding carboxylic acids is 3. The third kappa shape index (κ3) is 7.46. The average Bonchev–Trinajstić information content (AvgIpc) is 3.38. The summed E-state index contributed by atoms with van der Waals surface area (Å²) in [5.41, 5.74) is 12.0. The molecule has 0 aromatic carbocycles. The Bertz CT molecular complexity index is 1280. The molecule has 1 fully saturated rings. The van der Waals surface area contributed by atoms with Gasteiger partial charge in [0.2, 0.25) is 18.3 Å². The van der Waals surface area contributed by atoms with E-state index in [4.69, 9.17) is 15.4 Å². The first-order chi connectivity index (χ1) is 19.4. The summed E-state index contributed by atoms with van der Waals surface area (Å²) >= 11 is 4.28. The number of pyridine rings is 1. The van der Waals surface area contributed by atoms with E-state index in [2.05, 4.69) is 28.0 Å². The number of aromatic nitrogens is 2. The fourth-order valence-electron chi connectivity index (χ4n) is 4.00. The first-order valence-corrected chi connectivity index (χ1v) is 15.7. The molecule has 2 aromatic rings. The average molecular weight is 607 g/mol. The molecule has 0 radical (unpaired) electrons. The molecule has 15 heteroatoms. The van der Waals surface area contributed by atoms with Gasteiger partial charge in [-0.2, -0.15) is 10.9 Å². The van der Waals surface area contributed by atoms with Crippen LogP contribution in [0.2, 0.25) is 0 Å². The lowest BCUT2D eigenvalue weighted by Gasteiger charge is -2.44. The molecular weight excluding hydrogens is 575 g/mol. The van der Waals surface area contributed by atoms with Crippen LogP contribution in [0.25, 0.3) is 0 Å². The zero-order valence-corrected chi connectivity index (χ0v) is 24.7. The summed E-state index contributed by atoms with van der Waals surface area (Å²) < 4.78 is 1.93. The van der Waals surface area contributed by atoms with Gasteiger partial charge in [-0.15, -0.1) is 34.9 Å². The van der Waals surface area contributed by atoms with Crippen LogP contribution in [0.4, 0.5) is 5.13 Å². The molecule has 0 aliphatic carbocycles. The summed E-state index contributed by atoms with van der Waals surface area (Å²) in [7, 11) is 1.27. The summed E-state index contributed by atoms with van der Waals surface area (Å²) in [6.45, 7) is 3.10. The first-order valence-electron chi connectivity index (χ1n) is 12.8. The highest BCUT2D eigenvalue weighted by atomic mass is 32.2. The minimum absolute atomic E-state index is 0.123. The quantitative estimate of drug-likeness (QED) is 0.0774. The van der Waals surface area contributed by atoms with Crippen molar-refractivity contribution in [1.29, 1.82) is 0 Å². The number of nitrogens with two attached hydrogens (primary N) is 1. The van der Waals surface area contributed by atoms with Gasteiger partial charge in [-0.1, -0.05) is 36.0 Å². The molecule has 40 heavy (non-hydrogen) atoms. The minimum atomic E-state index is -0.842. The number of hydrogen-bond acceptors (Lipinski definition) is 12. The molecule has 1 saturated heterocycles. The number of amides is 2. The van der Waals surface area contributed by atoms with Gasteiger partial charge >= 0.3 is 11.9 Å². The number of hydrogen-bond donors (Lipinski definition) is 3. The molecular formula is C25H32N7O5S3+. The number of anilines is 1. The second kappa shape index (κ2) is 14.4. The number of fused-ring (bicyclic) bond motifs is 1. The molecule has 2 aromatic heterocycles. The molecule has 4 N–H and O–H groups in total. The Morgan fingerprint density at radius 3 is 2.77 bits per heavy atom. The summed E-state index contributed by atoms with van der Waals surface area (Å²) in [5.74, 6) is -0.783. The number of β-lactam (4-membered cyclic amide) rings is 1. The van der Waals surface area contributed by atoms with Gasteiger partial charge in [0.15, 0.2) is 10.8 Å². The van der Waals surface area contributed by atoms with Crippen molar-refractivity contribution < 1.29 is 28.7 Å². The third-order valence-corrected chi connectivity index (χ3v) is 9.11. The Kier molecular flexibility index (Phi) is 10.7. The fourth-order valence-corrected chi connectivity index (χ4v) is 6.84. The van der Waals surface area contributed by atoms with E-state index in [0.29, 0.717) is 17.9 Å². The van der Waals surface area contributed by atoms with Crippen LogP contribution in [0.1, 0.15) is 44.7 Å². The van der Waals surface area contributed by atoms with Crippen LogP contribution in [0.15, 0.2) is 51.2 Å². The van der Waals surface area contributed by atoms with Crippen molar-refractivity contribution in [3.05, 3.63) is 46.9 Å². The Balaban J connectivity index is 1.39. The molecule has 0 saturated carbocycles. The van der Waals surface area contributed by atoms with Crippen LogP contribution in [-0.4, -0.2) is 63.9 Å². The van der Waals surface area contributed by atoms with Gasteiger partial charge in [0.05, 0.1) is 18.3 Å². The highest BCUT2D eigenvalue weighted by Gasteiger charge is 2.46. The SMILES string of the molecule is CCCCCCN[n+]1ccc(SCC2=C(C(=O)ONC(=O)/C(=N\OC)c3csc(N)n3)N3C(=O)C[C@@H]3SC2)cc1. The number of thioether (sulfide) groups is 2. The molecule has 12 nitrogen and oxygen atoms in total. The zero-order valence-electron chi connectivity index (χ0n) is 22.3. The van der Waals surface area contributed by atoms with Crippen molar-refractivity contribution in [2.24, 2.45) is 5.16 Å². The lowest BCUT2D eigenvalue weighted by Crippen LogP contribution is -2.54. The second-order valence-electron chi connectivity index (χ2n) is 8.90. The van der Waals surface area contributed by atoms with Gasteiger partial charge in [0, 0.05) is 33.9 Å². The number of rotatable bonds is 13. The number of hydroxylamine groups is 1. The standard InChI is InChI=1S/C25H31N7O5S3/c1-3-4-5-6-9-27-31-10-7-17(8-11-31)38-13-16-14-39-20-12-19(33)32(20)22(16)24(35)37-30-23(34)21(29-36-2)18-15-40-25(26)28-18/h7-8,10-11,15,20,27H,3-6,9,12-14H2,1-2H3,(H2-,26,28,30,34)/p+1/b29-21-/t20-/m0/s1. The molecule has 0 unspecified atom stereocenters. The Morgan fingerprint density at radius 2 is 2.10 bits per heavy atom. The number of nitrogens with zero attached hydrogens (tertiary/aromatic N) is 4. The van der Waals surface area contributed by atoms with Gasteiger partial charge in [-0.25, -0.2) is 9.78 Å². The fraction of sp³-hybridized carbons (Fsp3) is 0.440. The Morgan fingerprint density at radius 1 is 1.30 bits per heavy atom. The van der Waals surface area contributed by atoms with E-state index in [1.807, 2.05) is 29.2 Å². The van der Waals surface area contributed by atoms with Crippen molar-refractivity contribution in [2.75, 3.05) is 36.3 Å². The van der Waals surface area contributed by atoms with Gasteiger partial charge < -0.3 is 15.4 Å². The van der Waals surface area contributed by atoms with E-state index in [9.17, 15) is 14.4 Å². The number of unbranched alkanes of at least 4 members (excludes halogenated alkanes) is 3. The predicted octanol–water partition coefficient (Wildman–Crippen LogP) is 2.41. The number of carbonyl (C=O) groups is 3. The normalized spacial score (nSPS) is 16.8. The highest BCUT2D eigenvalue weighted by molar-refractivity contribution is 8.01. The first kappa shape index (κ1) is 29.7. The Labute approximate surface area is 244 Å². The van der Waals surface area contributed by atoms with Crippen molar-refractivity contribution in [2.45, 2.75) is 49.3 Å². The third-order valence-electron chi connectivity index (χ3n) is 6.06. The predicted molar refractivity (Wildman–Crippen MR) is 155 cm³/mol. The van der Waals surface area contributed by atoms with Crippen molar-refractivity contribution in [1.82, 2.24) is 15.4 Å². The smallest absolute Gasteiger partial charge is 0.379 e. The van der Waals surface area contributed by atoms with Crippen LogP contribution in [-0.2, 0) is 24.1 Å². The maximum Gasteiger partial charge on any atom is 0.379 e. The van der Waals surface area contributed by atoms with Crippen LogP contribution in [0, 0.1) is 0 Å². The van der Waals surface area contributed by atoms with E-state index < -0.39 is 11.9 Å². The minimum Gasteiger partial charge on any atom is -0.398 e. The van der Waals surface area contributed by atoms with Gasteiger partial charge in [0.25, 0.3) is 0 Å². The van der Waals surface area contributed by atoms with Gasteiger partial charge in [0.1, 0.15) is 18.5 Å². The highest BCUT2D eigenvalue weighted by Crippen LogP contribution is 2.41. The lowest BCUT2D eigenvalue weighted by molar-refractivity contribution is -0.650. The number of thiazole rings is 1. The van der Waals surface area contributed by atoms with Crippen LogP contribution in [0.3, 0.4) is 0 Å². The van der Waals surface area contributed by atoms with Crippen LogP contribution < -0.4 is 21.3 Å². The van der Waals surface area contributed by atoms with Crippen LogP contribution in [0.5, 0.6) is 0 Å². The maximum atomic E-state index is 13.2. The Hall–Kier alpha value is -3.30. The summed E-state index contributed by atoms with van der Waals surface area (Å²) in [5, 5.41) is 5.32. The van der Waals surface area contributed by atoms with E-state index in [0.717, 1.165) is 34.8 Å². The number of nitrogens with one attached hydrogen (secondary N) is 2. The molecule has 214 valence electrons. The zero-order chi connectivity index (χ0) is 28.5. The molecule has 2 aliphatic rings. The van der Waals surface area contributed by atoms with Crippen molar-refractivity contribution in [3.63, 3.8) is 0 Å². The molecule has 2 amide bonds. The number of nitrogen functional groups attached to an aromatic ring is 1. The largest absolute Gasteiger partial charge is 0.398 e. The van der Waals surface area contributed by atoms with Gasteiger partial charge in [-0.05, 0) is 12.0 Å². The number of oxime groups is 1. The topological polar surface area (TPSA) is 152 Å².